The van der Waals surface area contributed by atoms with Crippen LogP contribution in [0.2, 0.25) is 0 Å². The second-order valence-electron chi connectivity index (χ2n) is 25.3. The maximum absolute atomic E-state index is 10.8. The van der Waals surface area contributed by atoms with Crippen LogP contribution in [0.1, 0.15) is 228 Å². The summed E-state index contributed by atoms with van der Waals surface area (Å²) in [5, 5.41) is 0. The summed E-state index contributed by atoms with van der Waals surface area (Å²) in [4.78, 5) is 10.8. The van der Waals surface area contributed by atoms with Crippen molar-refractivity contribution >= 4 is 6.47 Å². The number of carbonyl (C=O) groups is 1. The molecule has 0 amide bonds. The zero-order valence-electron chi connectivity index (χ0n) is 44.3. The number of hydrogen-bond donors (Lipinski definition) is 0. The average Bonchev–Trinajstić information content (AvgIpc) is 3.08. The summed E-state index contributed by atoms with van der Waals surface area (Å²) < 4.78 is 36.9. The predicted octanol–water partition coefficient (Wildman–Crippen LogP) is 14.9. The molecule has 0 heterocycles. The van der Waals surface area contributed by atoms with Crippen molar-refractivity contribution in [3.05, 3.63) is 12.7 Å². The molecule has 0 bridgehead atoms. The van der Waals surface area contributed by atoms with Gasteiger partial charge in [0.2, 0.25) is 0 Å². The number of rotatable bonds is 35. The Kier molecular flexibility index (Phi) is 22.3. The van der Waals surface area contributed by atoms with E-state index in [2.05, 4.69) is 130 Å². The summed E-state index contributed by atoms with van der Waals surface area (Å²) in [5.41, 5.74) is -0.900. The zero-order valence-corrected chi connectivity index (χ0v) is 44.3. The van der Waals surface area contributed by atoms with Crippen molar-refractivity contribution in [3.8, 4) is 0 Å². The van der Waals surface area contributed by atoms with Gasteiger partial charge < -0.3 is 28.4 Å². The third-order valence-electron chi connectivity index (χ3n) is 15.5. The first-order valence-electron chi connectivity index (χ1n) is 24.5. The lowest BCUT2D eigenvalue weighted by Crippen LogP contribution is -2.43. The second-order valence-corrected chi connectivity index (χ2v) is 25.3. The first-order valence-corrected chi connectivity index (χ1v) is 24.5. The van der Waals surface area contributed by atoms with Crippen LogP contribution in [0.25, 0.3) is 0 Å². The molecule has 61 heavy (non-hydrogen) atoms. The van der Waals surface area contributed by atoms with Crippen LogP contribution >= 0.6 is 0 Å². The van der Waals surface area contributed by atoms with E-state index in [1.807, 2.05) is 13.8 Å². The van der Waals surface area contributed by atoms with Crippen LogP contribution in [-0.2, 0) is 33.2 Å². The smallest absolute Gasteiger partial charge is 0.293 e. The average molecular weight is 865 g/mol. The van der Waals surface area contributed by atoms with Crippen molar-refractivity contribution in [1.29, 1.82) is 0 Å². The number of unbranched alkanes of at least 4 members (excludes halogenated alkanes) is 2. The minimum atomic E-state index is -0.515. The highest BCUT2D eigenvalue weighted by molar-refractivity contribution is 5.38. The van der Waals surface area contributed by atoms with Gasteiger partial charge in [-0.3, -0.25) is 4.79 Å². The van der Waals surface area contributed by atoms with Gasteiger partial charge >= 0.3 is 0 Å². The minimum Gasteiger partial charge on any atom is -0.462 e. The van der Waals surface area contributed by atoms with Gasteiger partial charge in [0.25, 0.3) is 6.47 Å². The van der Waals surface area contributed by atoms with E-state index in [4.69, 9.17) is 28.4 Å². The van der Waals surface area contributed by atoms with Crippen molar-refractivity contribution in [1.82, 2.24) is 0 Å². The Balaban J connectivity index is 2.59. The fourth-order valence-corrected chi connectivity index (χ4v) is 9.94. The molecule has 1 rings (SSSR count). The van der Waals surface area contributed by atoms with Gasteiger partial charge in [0.15, 0.2) is 0 Å². The molecule has 0 saturated heterocycles. The Morgan fingerprint density at radius 2 is 1.07 bits per heavy atom. The lowest BCUT2D eigenvalue weighted by molar-refractivity contribution is -0.147. The van der Waals surface area contributed by atoms with Crippen LogP contribution in [0, 0.1) is 33.5 Å². The highest BCUT2D eigenvalue weighted by atomic mass is 16.5. The highest BCUT2D eigenvalue weighted by Crippen LogP contribution is 2.54. The Morgan fingerprint density at radius 3 is 1.51 bits per heavy atom. The molecule has 0 spiro atoms. The largest absolute Gasteiger partial charge is 0.462 e. The third-order valence-corrected chi connectivity index (χ3v) is 15.5. The number of carbonyl (C=O) groups excluding carboxylic acids is 1. The minimum absolute atomic E-state index is 0.00343. The number of hydrogen-bond acceptors (Lipinski definition) is 7. The first-order chi connectivity index (χ1) is 27.6. The summed E-state index contributed by atoms with van der Waals surface area (Å²) >= 11 is 0. The molecule has 2 atom stereocenters. The summed E-state index contributed by atoms with van der Waals surface area (Å²) in [6.45, 7) is 50.2. The van der Waals surface area contributed by atoms with Crippen LogP contribution in [0.5, 0.6) is 0 Å². The van der Waals surface area contributed by atoms with Gasteiger partial charge in [-0.1, -0.05) is 67.4 Å². The van der Waals surface area contributed by atoms with Gasteiger partial charge in [-0.25, -0.2) is 0 Å². The van der Waals surface area contributed by atoms with Gasteiger partial charge in [-0.15, -0.1) is 6.58 Å². The maximum atomic E-state index is 10.8. The Hall–Kier alpha value is -0.990. The Labute approximate surface area is 379 Å². The SMILES string of the molecule is C=CC(C)CC(C)(CCC1CC(C)(CC(C)(C)OCCCCC(C)(C)C(C)(C)OCCC(C)(C)OC=O)C1)CC(C)(C)OCCCCC(C)(C)C(C)(C)OCCC(C)(C)OC. The van der Waals surface area contributed by atoms with Crippen LogP contribution in [0.15, 0.2) is 12.7 Å². The number of methoxy groups -OCH3 is 1. The molecule has 7 nitrogen and oxygen atoms in total. The molecule has 1 aliphatic carbocycles. The number of ether oxygens (including phenoxy) is 6. The summed E-state index contributed by atoms with van der Waals surface area (Å²) in [6, 6.07) is 0. The normalized spacial score (nSPS) is 20.2. The molecule has 0 aliphatic heterocycles. The summed E-state index contributed by atoms with van der Waals surface area (Å²) in [5.74, 6) is 1.26. The third kappa shape index (κ3) is 21.2. The predicted molar refractivity (Wildman–Crippen MR) is 258 cm³/mol. The van der Waals surface area contributed by atoms with E-state index in [9.17, 15) is 4.79 Å². The first kappa shape index (κ1) is 58.0. The van der Waals surface area contributed by atoms with E-state index in [1.54, 1.807) is 7.11 Å². The molecule has 0 aromatic rings. The molecular formula is C54H104O7. The summed E-state index contributed by atoms with van der Waals surface area (Å²) in [7, 11) is 1.77. The van der Waals surface area contributed by atoms with Crippen LogP contribution < -0.4 is 0 Å². The molecule has 362 valence electrons. The quantitative estimate of drug-likeness (QED) is 0.0357. The highest BCUT2D eigenvalue weighted by Gasteiger charge is 2.45. The molecule has 1 saturated carbocycles. The monoisotopic (exact) mass is 865 g/mol. The Bertz CT molecular complexity index is 1270. The van der Waals surface area contributed by atoms with E-state index < -0.39 is 5.60 Å². The van der Waals surface area contributed by atoms with E-state index in [0.29, 0.717) is 37.4 Å². The van der Waals surface area contributed by atoms with Crippen molar-refractivity contribution in [2.45, 2.75) is 261 Å². The van der Waals surface area contributed by atoms with Crippen molar-refractivity contribution in [3.63, 3.8) is 0 Å². The fourth-order valence-electron chi connectivity index (χ4n) is 9.94. The van der Waals surface area contributed by atoms with Crippen LogP contribution in [0.4, 0.5) is 0 Å². The molecule has 0 aromatic heterocycles. The molecule has 1 fully saturated rings. The van der Waals surface area contributed by atoms with E-state index in [-0.39, 0.29) is 44.3 Å². The fraction of sp³-hybridized carbons (Fsp3) is 0.944. The van der Waals surface area contributed by atoms with Gasteiger partial charge in [0, 0.05) is 26.7 Å². The van der Waals surface area contributed by atoms with Gasteiger partial charge in [0.05, 0.1) is 41.2 Å². The molecule has 0 N–H and O–H groups in total. The lowest BCUT2D eigenvalue weighted by Gasteiger charge is -2.50. The van der Waals surface area contributed by atoms with E-state index >= 15 is 0 Å². The maximum Gasteiger partial charge on any atom is 0.293 e. The van der Waals surface area contributed by atoms with Gasteiger partial charge in [0.1, 0.15) is 5.60 Å². The molecule has 7 heteroatoms. The second kappa shape index (κ2) is 23.5. The summed E-state index contributed by atoms with van der Waals surface area (Å²) in [6.07, 6.45) is 18.6. The van der Waals surface area contributed by atoms with Gasteiger partial charge in [-0.05, 0) is 194 Å². The topological polar surface area (TPSA) is 72.5 Å². The van der Waals surface area contributed by atoms with Gasteiger partial charge in [-0.2, -0.15) is 0 Å². The Morgan fingerprint density at radius 1 is 0.607 bits per heavy atom. The molecule has 0 aromatic carbocycles. The lowest BCUT2D eigenvalue weighted by atomic mass is 9.57. The van der Waals surface area contributed by atoms with E-state index in [1.165, 1.54) is 25.7 Å². The van der Waals surface area contributed by atoms with Crippen molar-refractivity contribution in [2.75, 3.05) is 33.5 Å². The zero-order chi connectivity index (χ0) is 47.2. The molecule has 0 radical (unpaired) electrons. The van der Waals surface area contributed by atoms with Crippen molar-refractivity contribution < 1.29 is 33.2 Å². The standard InChI is InChI=1S/C54H104O7/c1-22-43(2)37-53(19,40-49(11,12)57-33-25-23-28-45(3,4)51(15,16)59-35-31-47(7,8)56-21)30-27-44-38-54(20,39-44)41-50(13,14)58-34-26-24-29-46(5,6)52(17,18)60-36-32-48(9,10)61-42-55/h22,42-44H,1,23-41H2,2-21H3. The molecular weight excluding hydrogens is 761 g/mol. The van der Waals surface area contributed by atoms with Crippen LogP contribution in [-0.4, -0.2) is 73.6 Å². The van der Waals surface area contributed by atoms with Crippen LogP contribution in [0.3, 0.4) is 0 Å². The molecule has 1 aliphatic rings. The number of allylic oxidation sites excluding steroid dienone is 1. The molecule has 2 unspecified atom stereocenters. The van der Waals surface area contributed by atoms with Crippen molar-refractivity contribution in [2.24, 2.45) is 33.5 Å². The van der Waals surface area contributed by atoms with E-state index in [0.717, 1.165) is 83.3 Å².